The number of aromatic nitrogens is 1. The highest BCUT2D eigenvalue weighted by molar-refractivity contribution is 5.83. The van der Waals surface area contributed by atoms with E-state index in [1.165, 1.54) is 0 Å². The number of para-hydroxylation sites is 1. The highest BCUT2D eigenvalue weighted by Crippen LogP contribution is 2.34. The van der Waals surface area contributed by atoms with Gasteiger partial charge in [-0.15, -0.1) is 0 Å². The van der Waals surface area contributed by atoms with Crippen LogP contribution in [0.2, 0.25) is 0 Å². The number of rotatable bonds is 4. The van der Waals surface area contributed by atoms with Gasteiger partial charge >= 0.3 is 12.3 Å². The van der Waals surface area contributed by atoms with Crippen LogP contribution in [-0.2, 0) is 6.18 Å². The van der Waals surface area contributed by atoms with E-state index in [2.05, 4.69) is 10.3 Å². The van der Waals surface area contributed by atoms with Crippen LogP contribution in [0.25, 0.3) is 11.1 Å². The van der Waals surface area contributed by atoms with Crippen molar-refractivity contribution in [3.63, 3.8) is 0 Å². The summed E-state index contributed by atoms with van der Waals surface area (Å²) in [7, 11) is 0. The smallest absolute Gasteiger partial charge is 0.417 e. The molecule has 5 nitrogen and oxygen atoms in total. The van der Waals surface area contributed by atoms with Gasteiger partial charge < -0.3 is 9.84 Å². The molecule has 0 aliphatic rings. The topological polar surface area (TPSA) is 71.5 Å². The van der Waals surface area contributed by atoms with Gasteiger partial charge in [0, 0.05) is 23.5 Å². The summed E-state index contributed by atoms with van der Waals surface area (Å²) in [6.45, 7) is 0. The normalized spacial score (nSPS) is 11.1. The third-order valence-corrected chi connectivity index (χ3v) is 3.61. The maximum atomic E-state index is 12.6. The SMILES string of the molecule is O=C(O)Nc1ccc(-c2ccccc2Oc2ccc(C(F)(F)F)cn2)cc1. The summed E-state index contributed by atoms with van der Waals surface area (Å²) >= 11 is 0. The van der Waals surface area contributed by atoms with E-state index >= 15 is 0 Å². The maximum absolute atomic E-state index is 12.6. The zero-order valence-electron chi connectivity index (χ0n) is 13.7. The van der Waals surface area contributed by atoms with E-state index in [4.69, 9.17) is 9.84 Å². The van der Waals surface area contributed by atoms with Gasteiger partial charge in [0.25, 0.3) is 0 Å². The lowest BCUT2D eigenvalue weighted by Gasteiger charge is -2.12. The first-order valence-electron chi connectivity index (χ1n) is 7.73. The Labute approximate surface area is 152 Å². The molecule has 1 amide bonds. The Morgan fingerprint density at radius 2 is 1.70 bits per heavy atom. The number of benzene rings is 2. The Hall–Kier alpha value is -3.55. The monoisotopic (exact) mass is 374 g/mol. The Kier molecular flexibility index (Phi) is 4.98. The number of nitrogens with one attached hydrogen (secondary N) is 1. The Morgan fingerprint density at radius 3 is 2.30 bits per heavy atom. The molecule has 0 fully saturated rings. The van der Waals surface area contributed by atoms with Crippen LogP contribution in [0.3, 0.4) is 0 Å². The minimum Gasteiger partial charge on any atom is -0.465 e. The van der Waals surface area contributed by atoms with E-state index in [-0.39, 0.29) is 5.88 Å². The van der Waals surface area contributed by atoms with Gasteiger partial charge in [-0.05, 0) is 29.8 Å². The second kappa shape index (κ2) is 7.36. The average Bonchev–Trinajstić information content (AvgIpc) is 2.62. The molecule has 0 saturated heterocycles. The first kappa shape index (κ1) is 18.2. The number of carboxylic acid groups (broad SMARTS) is 1. The van der Waals surface area contributed by atoms with Crippen molar-refractivity contribution < 1.29 is 27.8 Å². The molecule has 3 aromatic rings. The first-order chi connectivity index (χ1) is 12.8. The van der Waals surface area contributed by atoms with Crippen LogP contribution in [0, 0.1) is 0 Å². The maximum Gasteiger partial charge on any atom is 0.417 e. The fourth-order valence-electron chi connectivity index (χ4n) is 2.37. The lowest BCUT2D eigenvalue weighted by Crippen LogP contribution is -2.06. The second-order valence-corrected chi connectivity index (χ2v) is 5.49. The van der Waals surface area contributed by atoms with Crippen LogP contribution in [0.15, 0.2) is 66.9 Å². The molecular weight excluding hydrogens is 361 g/mol. The highest BCUT2D eigenvalue weighted by atomic mass is 19.4. The molecule has 0 spiro atoms. The molecule has 1 heterocycles. The lowest BCUT2D eigenvalue weighted by atomic mass is 10.0. The van der Waals surface area contributed by atoms with Crippen LogP contribution in [0.1, 0.15) is 5.56 Å². The third-order valence-electron chi connectivity index (χ3n) is 3.61. The summed E-state index contributed by atoms with van der Waals surface area (Å²) in [5.41, 5.74) is 0.980. The molecule has 0 bridgehead atoms. The third kappa shape index (κ3) is 4.55. The molecule has 3 rings (SSSR count). The Balaban J connectivity index is 1.85. The van der Waals surface area contributed by atoms with Crippen LogP contribution in [-0.4, -0.2) is 16.2 Å². The van der Waals surface area contributed by atoms with Gasteiger partial charge in [-0.2, -0.15) is 13.2 Å². The molecule has 0 radical (unpaired) electrons. The van der Waals surface area contributed by atoms with Crippen molar-refractivity contribution in [1.82, 2.24) is 4.98 Å². The molecule has 0 aliphatic heterocycles. The summed E-state index contributed by atoms with van der Waals surface area (Å²) < 4.78 is 43.5. The number of ether oxygens (including phenoxy) is 1. The lowest BCUT2D eigenvalue weighted by molar-refractivity contribution is -0.137. The van der Waals surface area contributed by atoms with Gasteiger partial charge in [-0.3, -0.25) is 5.32 Å². The molecule has 27 heavy (non-hydrogen) atoms. The Bertz CT molecular complexity index is 940. The number of hydrogen-bond acceptors (Lipinski definition) is 3. The summed E-state index contributed by atoms with van der Waals surface area (Å²) in [6.07, 6.45) is -4.92. The van der Waals surface area contributed by atoms with E-state index in [1.54, 1.807) is 48.5 Å². The molecule has 2 aromatic carbocycles. The molecule has 0 atom stereocenters. The van der Waals surface area contributed by atoms with Crippen LogP contribution >= 0.6 is 0 Å². The fraction of sp³-hybridized carbons (Fsp3) is 0.0526. The standard InChI is InChI=1S/C19H13F3N2O3/c20-19(21,22)13-7-10-17(23-11-13)27-16-4-2-1-3-15(16)12-5-8-14(9-6-12)24-18(25)26/h1-11,24H,(H,25,26). The highest BCUT2D eigenvalue weighted by Gasteiger charge is 2.30. The average molecular weight is 374 g/mol. The number of alkyl halides is 3. The van der Waals surface area contributed by atoms with E-state index < -0.39 is 17.8 Å². The van der Waals surface area contributed by atoms with E-state index in [0.717, 1.165) is 17.7 Å². The van der Waals surface area contributed by atoms with Crippen LogP contribution in [0.4, 0.5) is 23.7 Å². The van der Waals surface area contributed by atoms with Crippen molar-refractivity contribution in [2.24, 2.45) is 0 Å². The molecule has 0 aliphatic carbocycles. The van der Waals surface area contributed by atoms with Crippen molar-refractivity contribution in [3.8, 4) is 22.8 Å². The fourth-order valence-corrected chi connectivity index (χ4v) is 2.37. The van der Waals surface area contributed by atoms with Gasteiger partial charge in [-0.1, -0.05) is 30.3 Å². The molecule has 0 saturated carbocycles. The predicted molar refractivity (Wildman–Crippen MR) is 92.8 cm³/mol. The molecule has 2 N–H and O–H groups in total. The molecule has 138 valence electrons. The van der Waals surface area contributed by atoms with E-state index in [1.807, 2.05) is 0 Å². The number of hydrogen-bond donors (Lipinski definition) is 2. The number of pyridine rings is 1. The number of nitrogens with zero attached hydrogens (tertiary/aromatic N) is 1. The van der Waals surface area contributed by atoms with Crippen molar-refractivity contribution in [3.05, 3.63) is 72.4 Å². The van der Waals surface area contributed by atoms with Gasteiger partial charge in [0.2, 0.25) is 5.88 Å². The molecule has 1 aromatic heterocycles. The van der Waals surface area contributed by atoms with Crippen molar-refractivity contribution in [1.29, 1.82) is 0 Å². The zero-order chi connectivity index (χ0) is 19.4. The summed E-state index contributed by atoms with van der Waals surface area (Å²) in [5, 5.41) is 11.0. The van der Waals surface area contributed by atoms with Gasteiger partial charge in [0.15, 0.2) is 0 Å². The minimum atomic E-state index is -4.46. The minimum absolute atomic E-state index is 0.0274. The van der Waals surface area contributed by atoms with E-state index in [9.17, 15) is 18.0 Å². The molecule has 8 heteroatoms. The number of anilines is 1. The first-order valence-corrected chi connectivity index (χ1v) is 7.73. The van der Waals surface area contributed by atoms with Gasteiger partial charge in [-0.25, -0.2) is 9.78 Å². The van der Waals surface area contributed by atoms with Crippen molar-refractivity contribution in [2.75, 3.05) is 5.32 Å². The Morgan fingerprint density at radius 1 is 1.00 bits per heavy atom. The summed E-state index contributed by atoms with van der Waals surface area (Å²) in [4.78, 5) is 14.4. The summed E-state index contributed by atoms with van der Waals surface area (Å²) in [6, 6.07) is 15.6. The van der Waals surface area contributed by atoms with Gasteiger partial charge in [0.1, 0.15) is 5.75 Å². The van der Waals surface area contributed by atoms with Gasteiger partial charge in [0.05, 0.1) is 5.56 Å². The van der Waals surface area contributed by atoms with E-state index in [0.29, 0.717) is 23.2 Å². The van der Waals surface area contributed by atoms with Crippen LogP contribution < -0.4 is 10.1 Å². The molecular formula is C19H13F3N2O3. The summed E-state index contributed by atoms with van der Waals surface area (Å²) in [5.74, 6) is 0.434. The second-order valence-electron chi connectivity index (χ2n) is 5.49. The molecule has 0 unspecified atom stereocenters. The number of carbonyl (C=O) groups is 1. The number of halogens is 3. The van der Waals surface area contributed by atoms with Crippen molar-refractivity contribution in [2.45, 2.75) is 6.18 Å². The quantitative estimate of drug-likeness (QED) is 0.619. The largest absolute Gasteiger partial charge is 0.465 e. The predicted octanol–water partition coefficient (Wildman–Crippen LogP) is 5.65. The number of amides is 1. The van der Waals surface area contributed by atoms with Crippen molar-refractivity contribution >= 4 is 11.8 Å². The van der Waals surface area contributed by atoms with Crippen LogP contribution in [0.5, 0.6) is 11.6 Å². The zero-order valence-corrected chi connectivity index (χ0v) is 13.7.